The number of benzene rings is 1. The molecule has 0 radical (unpaired) electrons. The highest BCUT2D eigenvalue weighted by molar-refractivity contribution is 9.10. The van der Waals surface area contributed by atoms with Crippen LogP contribution in [0.25, 0.3) is 0 Å². The quantitative estimate of drug-likeness (QED) is 0.880. The lowest BCUT2D eigenvalue weighted by molar-refractivity contribution is 0.598. The summed E-state index contributed by atoms with van der Waals surface area (Å²) >= 11 is 3.11. The SMILES string of the molecule is CNc1ncccc1S(=O)(=O)Nc1ccc(Br)cc1F. The van der Waals surface area contributed by atoms with Crippen molar-refractivity contribution in [2.75, 3.05) is 17.1 Å². The summed E-state index contributed by atoms with van der Waals surface area (Å²) in [5.41, 5.74) is -0.126. The number of sulfonamides is 1. The van der Waals surface area contributed by atoms with E-state index in [9.17, 15) is 12.8 Å². The number of pyridine rings is 1. The lowest BCUT2D eigenvalue weighted by Crippen LogP contribution is -2.16. The summed E-state index contributed by atoms with van der Waals surface area (Å²) in [6.07, 6.45) is 1.46. The van der Waals surface area contributed by atoms with Crippen molar-refractivity contribution in [3.8, 4) is 0 Å². The molecule has 1 aromatic heterocycles. The zero-order chi connectivity index (χ0) is 14.8. The Morgan fingerprint density at radius 1 is 1.30 bits per heavy atom. The van der Waals surface area contributed by atoms with E-state index in [1.54, 1.807) is 13.1 Å². The van der Waals surface area contributed by atoms with Crippen LogP contribution in [0.5, 0.6) is 0 Å². The normalized spacial score (nSPS) is 11.2. The van der Waals surface area contributed by atoms with Gasteiger partial charge in [0, 0.05) is 17.7 Å². The second-order valence-corrected chi connectivity index (χ2v) is 6.40. The average Bonchev–Trinajstić information content (AvgIpc) is 2.42. The van der Waals surface area contributed by atoms with Gasteiger partial charge in [-0.25, -0.2) is 17.8 Å². The zero-order valence-corrected chi connectivity index (χ0v) is 12.8. The number of halogens is 2. The molecule has 0 fully saturated rings. The molecule has 0 aliphatic heterocycles. The Bertz CT molecular complexity index is 737. The highest BCUT2D eigenvalue weighted by Gasteiger charge is 2.20. The number of hydrogen-bond donors (Lipinski definition) is 2. The number of nitrogens with one attached hydrogen (secondary N) is 2. The smallest absolute Gasteiger partial charge is 0.265 e. The molecular formula is C12H11BrFN3O2S. The van der Waals surface area contributed by atoms with Crippen molar-refractivity contribution in [3.05, 3.63) is 46.8 Å². The zero-order valence-electron chi connectivity index (χ0n) is 10.4. The summed E-state index contributed by atoms with van der Waals surface area (Å²) in [7, 11) is -2.36. The summed E-state index contributed by atoms with van der Waals surface area (Å²) in [5.74, 6) is -0.477. The molecular weight excluding hydrogens is 349 g/mol. The third-order valence-electron chi connectivity index (χ3n) is 2.47. The molecule has 2 rings (SSSR count). The summed E-state index contributed by atoms with van der Waals surface area (Å²) in [6, 6.07) is 6.95. The van der Waals surface area contributed by atoms with E-state index in [0.29, 0.717) is 4.47 Å². The van der Waals surface area contributed by atoms with Crippen LogP contribution in [0.3, 0.4) is 0 Å². The largest absolute Gasteiger partial charge is 0.372 e. The number of rotatable bonds is 4. The minimum absolute atomic E-state index is 0.0511. The maximum atomic E-state index is 13.7. The van der Waals surface area contributed by atoms with Gasteiger partial charge >= 0.3 is 0 Å². The first-order valence-corrected chi connectivity index (χ1v) is 7.82. The monoisotopic (exact) mass is 359 g/mol. The minimum atomic E-state index is -3.92. The van der Waals surface area contributed by atoms with Gasteiger partial charge in [0.2, 0.25) is 0 Å². The summed E-state index contributed by atoms with van der Waals surface area (Å²) in [4.78, 5) is 3.86. The molecule has 0 saturated carbocycles. The molecule has 5 nitrogen and oxygen atoms in total. The number of anilines is 2. The molecule has 1 heterocycles. The summed E-state index contributed by atoms with van der Waals surface area (Å²) in [6.45, 7) is 0. The van der Waals surface area contributed by atoms with Crippen LogP contribution in [-0.4, -0.2) is 20.4 Å². The van der Waals surface area contributed by atoms with Crippen molar-refractivity contribution in [3.63, 3.8) is 0 Å². The fourth-order valence-electron chi connectivity index (χ4n) is 1.57. The maximum absolute atomic E-state index is 13.7. The van der Waals surface area contributed by atoms with Gasteiger partial charge in [-0.1, -0.05) is 15.9 Å². The van der Waals surface area contributed by atoms with E-state index in [2.05, 4.69) is 31.0 Å². The highest BCUT2D eigenvalue weighted by atomic mass is 79.9. The molecule has 0 spiro atoms. The van der Waals surface area contributed by atoms with Gasteiger partial charge in [-0.15, -0.1) is 0 Å². The van der Waals surface area contributed by atoms with Crippen molar-refractivity contribution < 1.29 is 12.8 Å². The van der Waals surface area contributed by atoms with E-state index in [0.717, 1.165) is 0 Å². The van der Waals surface area contributed by atoms with Crippen LogP contribution in [0.2, 0.25) is 0 Å². The van der Waals surface area contributed by atoms with Crippen molar-refractivity contribution in [1.82, 2.24) is 4.98 Å². The van der Waals surface area contributed by atoms with E-state index in [1.807, 2.05) is 0 Å². The molecule has 2 N–H and O–H groups in total. The van der Waals surface area contributed by atoms with Gasteiger partial charge in [0.05, 0.1) is 5.69 Å². The Kier molecular flexibility index (Phi) is 4.24. The van der Waals surface area contributed by atoms with Gasteiger partial charge in [-0.05, 0) is 30.3 Å². The lowest BCUT2D eigenvalue weighted by Gasteiger charge is -2.11. The first-order valence-electron chi connectivity index (χ1n) is 5.54. The fraction of sp³-hybridized carbons (Fsp3) is 0.0833. The third-order valence-corrected chi connectivity index (χ3v) is 4.36. The van der Waals surface area contributed by atoms with Gasteiger partial charge in [-0.3, -0.25) is 4.72 Å². The molecule has 1 aromatic carbocycles. The van der Waals surface area contributed by atoms with Crippen LogP contribution in [0.4, 0.5) is 15.9 Å². The van der Waals surface area contributed by atoms with Crippen molar-refractivity contribution in [1.29, 1.82) is 0 Å². The van der Waals surface area contributed by atoms with Gasteiger partial charge in [0.25, 0.3) is 10.0 Å². The average molecular weight is 360 g/mol. The minimum Gasteiger partial charge on any atom is -0.372 e. The van der Waals surface area contributed by atoms with Crippen molar-refractivity contribution in [2.24, 2.45) is 0 Å². The van der Waals surface area contributed by atoms with E-state index in [-0.39, 0.29) is 16.4 Å². The number of nitrogens with zero attached hydrogens (tertiary/aromatic N) is 1. The third kappa shape index (κ3) is 3.07. The molecule has 0 unspecified atom stereocenters. The Hall–Kier alpha value is -1.67. The summed E-state index contributed by atoms with van der Waals surface area (Å²) in [5, 5.41) is 2.68. The van der Waals surface area contributed by atoms with Crippen LogP contribution < -0.4 is 10.0 Å². The van der Waals surface area contributed by atoms with E-state index < -0.39 is 15.8 Å². The Morgan fingerprint density at radius 3 is 2.70 bits per heavy atom. The molecule has 0 aliphatic rings. The van der Waals surface area contributed by atoms with Crippen molar-refractivity contribution in [2.45, 2.75) is 4.90 Å². The van der Waals surface area contributed by atoms with E-state index >= 15 is 0 Å². The Morgan fingerprint density at radius 2 is 2.05 bits per heavy atom. The molecule has 0 bridgehead atoms. The van der Waals surface area contributed by atoms with Crippen molar-refractivity contribution >= 4 is 37.5 Å². The maximum Gasteiger partial charge on any atom is 0.265 e. The molecule has 0 aliphatic carbocycles. The second-order valence-electron chi connectivity index (χ2n) is 3.83. The van der Waals surface area contributed by atoms with Crippen LogP contribution in [0.1, 0.15) is 0 Å². The number of hydrogen-bond acceptors (Lipinski definition) is 4. The first kappa shape index (κ1) is 14.7. The molecule has 2 aromatic rings. The molecule has 0 saturated heterocycles. The molecule has 20 heavy (non-hydrogen) atoms. The topological polar surface area (TPSA) is 71.1 Å². The molecule has 0 amide bonds. The fourth-order valence-corrected chi connectivity index (χ4v) is 3.13. The summed E-state index contributed by atoms with van der Waals surface area (Å²) < 4.78 is 40.9. The lowest BCUT2D eigenvalue weighted by atomic mass is 10.3. The predicted molar refractivity (Wildman–Crippen MR) is 78.7 cm³/mol. The van der Waals surface area contributed by atoms with Crippen LogP contribution in [0.15, 0.2) is 45.9 Å². The van der Waals surface area contributed by atoms with E-state index in [4.69, 9.17) is 0 Å². The van der Waals surface area contributed by atoms with Crippen LogP contribution in [-0.2, 0) is 10.0 Å². The predicted octanol–water partition coefficient (Wildman–Crippen LogP) is 2.83. The molecule has 0 atom stereocenters. The van der Waals surface area contributed by atoms with Gasteiger partial charge in [0.1, 0.15) is 16.5 Å². The molecule has 8 heteroatoms. The van der Waals surface area contributed by atoms with E-state index in [1.165, 1.54) is 30.5 Å². The van der Waals surface area contributed by atoms with Gasteiger partial charge < -0.3 is 5.32 Å². The second kappa shape index (κ2) is 5.76. The first-order chi connectivity index (χ1) is 9.44. The molecule has 106 valence electrons. The van der Waals surface area contributed by atoms with Gasteiger partial charge in [0.15, 0.2) is 0 Å². The standard InChI is InChI=1S/C12H11BrFN3O2S/c1-15-12-11(3-2-6-16-12)20(18,19)17-10-5-4-8(13)7-9(10)14/h2-7,17H,1H3,(H,15,16). The Labute approximate surface area is 124 Å². The van der Waals surface area contributed by atoms with Crippen LogP contribution in [0, 0.1) is 5.82 Å². The number of aromatic nitrogens is 1. The Balaban J connectivity index is 2.41. The van der Waals surface area contributed by atoms with Gasteiger partial charge in [-0.2, -0.15) is 0 Å². The van der Waals surface area contributed by atoms with Crippen LogP contribution >= 0.6 is 15.9 Å². The highest BCUT2D eigenvalue weighted by Crippen LogP contribution is 2.24.